The molecule has 7 heteroatoms. The molecule has 0 fully saturated rings. The van der Waals surface area contributed by atoms with E-state index in [1.54, 1.807) is 0 Å². The lowest BCUT2D eigenvalue weighted by molar-refractivity contribution is 0.483. The van der Waals surface area contributed by atoms with Crippen LogP contribution in [-0.2, 0) is 0 Å². The summed E-state index contributed by atoms with van der Waals surface area (Å²) in [4.78, 5) is 16.6. The fourth-order valence-corrected chi connectivity index (χ4v) is 3.21. The van der Waals surface area contributed by atoms with Gasteiger partial charge in [0.1, 0.15) is 27.9 Å². The summed E-state index contributed by atoms with van der Waals surface area (Å²) in [7, 11) is 0. The highest BCUT2D eigenvalue weighted by molar-refractivity contribution is 7.10. The van der Waals surface area contributed by atoms with Crippen LogP contribution in [0.15, 0.2) is 64.4 Å². The van der Waals surface area contributed by atoms with Gasteiger partial charge in [-0.3, -0.25) is 14.2 Å². The molecule has 0 aliphatic heterocycles. The van der Waals surface area contributed by atoms with E-state index in [-0.39, 0.29) is 11.4 Å². The molecule has 2 aromatic carbocycles. The third kappa shape index (κ3) is 5.01. The van der Waals surface area contributed by atoms with Crippen molar-refractivity contribution < 1.29 is 4.74 Å². The van der Waals surface area contributed by atoms with E-state index in [1.165, 1.54) is 11.5 Å². The van der Waals surface area contributed by atoms with Crippen molar-refractivity contribution >= 4 is 28.1 Å². The first kappa shape index (κ1) is 19.7. The van der Waals surface area contributed by atoms with Gasteiger partial charge in [0.2, 0.25) is 0 Å². The fraction of sp³-hybridized carbons (Fsp3) is 0.238. The molecule has 1 atom stereocenters. The molecule has 146 valence electrons. The van der Waals surface area contributed by atoms with E-state index in [4.69, 9.17) is 10.5 Å². The van der Waals surface area contributed by atoms with Crippen molar-refractivity contribution in [3.05, 3.63) is 70.5 Å². The smallest absolute Gasteiger partial charge is 0.271 e. The minimum absolute atomic E-state index is 0.234. The minimum Gasteiger partial charge on any atom is -0.457 e. The van der Waals surface area contributed by atoms with Gasteiger partial charge in [-0.1, -0.05) is 38.5 Å². The lowest BCUT2D eigenvalue weighted by atomic mass is 10.1. The molecule has 3 rings (SSSR count). The van der Waals surface area contributed by atoms with Gasteiger partial charge >= 0.3 is 0 Å². The number of nitrogens with zero attached hydrogens (tertiary/aromatic N) is 1. The average Bonchev–Trinajstić information content (AvgIpc) is 3.08. The first-order chi connectivity index (χ1) is 13.6. The van der Waals surface area contributed by atoms with Gasteiger partial charge in [0.05, 0.1) is 0 Å². The van der Waals surface area contributed by atoms with Crippen molar-refractivity contribution in [2.75, 3.05) is 11.9 Å². The lowest BCUT2D eigenvalue weighted by Gasteiger charge is -2.09. The zero-order valence-corrected chi connectivity index (χ0v) is 16.8. The molecule has 4 N–H and O–H groups in total. The number of nitrogens with two attached hydrogens (primary N) is 1. The summed E-state index contributed by atoms with van der Waals surface area (Å²) < 4.78 is 8.52. The molecule has 3 aromatic rings. The molecular formula is C21H24N4O2S. The molecule has 28 heavy (non-hydrogen) atoms. The zero-order chi connectivity index (χ0) is 19.9. The number of aliphatic imine (C=N–C) groups is 1. The van der Waals surface area contributed by atoms with Gasteiger partial charge in [-0.25, -0.2) is 0 Å². The number of benzene rings is 2. The molecule has 1 unspecified atom stereocenters. The third-order valence-corrected chi connectivity index (χ3v) is 5.12. The van der Waals surface area contributed by atoms with Crippen molar-refractivity contribution in [1.82, 2.24) is 4.37 Å². The molecule has 1 heterocycles. The molecule has 0 spiro atoms. The van der Waals surface area contributed by atoms with Crippen LogP contribution >= 0.6 is 11.5 Å². The van der Waals surface area contributed by atoms with Crippen molar-refractivity contribution in [2.45, 2.75) is 20.3 Å². The molecule has 6 nitrogen and oxygen atoms in total. The third-order valence-electron chi connectivity index (χ3n) is 4.32. The van der Waals surface area contributed by atoms with Gasteiger partial charge in [-0.05, 0) is 53.8 Å². The van der Waals surface area contributed by atoms with Gasteiger partial charge in [-0.2, -0.15) is 0 Å². The number of hydrogen-bond donors (Lipinski definition) is 3. The molecular weight excluding hydrogens is 372 g/mol. The minimum atomic E-state index is -0.234. The Morgan fingerprint density at radius 2 is 1.86 bits per heavy atom. The van der Waals surface area contributed by atoms with Crippen LogP contribution in [0.3, 0.4) is 0 Å². The van der Waals surface area contributed by atoms with Crippen LogP contribution in [0.2, 0.25) is 0 Å². The van der Waals surface area contributed by atoms with Gasteiger partial charge in [0, 0.05) is 12.2 Å². The van der Waals surface area contributed by atoms with Gasteiger partial charge in [-0.15, -0.1) is 0 Å². The maximum atomic E-state index is 12.2. The summed E-state index contributed by atoms with van der Waals surface area (Å²) in [5.41, 5.74) is 7.06. The standard InChI is InChI=1S/C21H24N4O2S/c1-3-14(2)13-23-19(22)18-20(26)25-28-21(18)24-15-9-11-17(12-10-15)27-16-7-5-4-6-8-16/h4-12,14,24H,3,13H2,1-2H3,(H2,22,23)(H,25,26). The van der Waals surface area contributed by atoms with E-state index in [0.717, 1.165) is 23.6 Å². The van der Waals surface area contributed by atoms with Crippen molar-refractivity contribution in [2.24, 2.45) is 16.6 Å². The number of nitrogens with one attached hydrogen (secondary N) is 2. The molecule has 0 aliphatic rings. The Balaban J connectivity index is 1.73. The number of rotatable bonds is 8. The maximum Gasteiger partial charge on any atom is 0.271 e. The summed E-state index contributed by atoms with van der Waals surface area (Å²) in [6.45, 7) is 4.81. The molecule has 0 aliphatic carbocycles. The number of aromatic amines is 1. The number of hydrogen-bond acceptors (Lipinski definition) is 5. The van der Waals surface area contributed by atoms with E-state index < -0.39 is 0 Å². The second-order valence-electron chi connectivity index (χ2n) is 6.54. The number of ether oxygens (including phenoxy) is 1. The number of para-hydroxylation sites is 1. The second-order valence-corrected chi connectivity index (χ2v) is 7.36. The normalized spacial score (nSPS) is 12.6. The Labute approximate surface area is 168 Å². The van der Waals surface area contributed by atoms with Gasteiger partial charge in [0.15, 0.2) is 0 Å². The van der Waals surface area contributed by atoms with Crippen LogP contribution in [0.5, 0.6) is 11.5 Å². The Bertz CT molecular complexity index is 978. The molecule has 0 amide bonds. The summed E-state index contributed by atoms with van der Waals surface area (Å²) in [5, 5.41) is 3.88. The van der Waals surface area contributed by atoms with Crippen LogP contribution in [-0.4, -0.2) is 16.8 Å². The predicted octanol–water partition coefficient (Wildman–Crippen LogP) is 4.72. The fourth-order valence-electron chi connectivity index (χ4n) is 2.45. The highest BCUT2D eigenvalue weighted by atomic mass is 32.1. The first-order valence-corrected chi connectivity index (χ1v) is 10.00. The van der Waals surface area contributed by atoms with E-state index in [1.807, 2.05) is 54.6 Å². The van der Waals surface area contributed by atoms with E-state index in [2.05, 4.69) is 28.5 Å². The van der Waals surface area contributed by atoms with Crippen molar-refractivity contribution in [3.8, 4) is 11.5 Å². The lowest BCUT2D eigenvalue weighted by Crippen LogP contribution is -2.23. The first-order valence-electron chi connectivity index (χ1n) is 9.18. The molecule has 1 aromatic heterocycles. The SMILES string of the molecule is CCC(C)CN=C(N)c1c(Nc2ccc(Oc3ccccc3)cc2)s[nH]c1=O. The number of amidine groups is 1. The van der Waals surface area contributed by atoms with Gasteiger partial charge in [0.25, 0.3) is 5.56 Å². The average molecular weight is 397 g/mol. The van der Waals surface area contributed by atoms with E-state index >= 15 is 0 Å². The largest absolute Gasteiger partial charge is 0.457 e. The number of H-pyrrole nitrogens is 1. The van der Waals surface area contributed by atoms with Crippen LogP contribution < -0.4 is 21.3 Å². The molecule has 0 saturated heterocycles. The van der Waals surface area contributed by atoms with Crippen LogP contribution in [0.25, 0.3) is 0 Å². The predicted molar refractivity (Wildman–Crippen MR) is 116 cm³/mol. The highest BCUT2D eigenvalue weighted by Gasteiger charge is 2.15. The summed E-state index contributed by atoms with van der Waals surface area (Å²) in [5.74, 6) is 2.19. The Morgan fingerprint density at radius 1 is 1.18 bits per heavy atom. The zero-order valence-electron chi connectivity index (χ0n) is 15.9. The summed E-state index contributed by atoms with van der Waals surface area (Å²) in [6, 6.07) is 17.1. The highest BCUT2D eigenvalue weighted by Crippen LogP contribution is 2.26. The topological polar surface area (TPSA) is 92.5 Å². The quantitative estimate of drug-likeness (QED) is 0.379. The monoisotopic (exact) mass is 396 g/mol. The second kappa shape index (κ2) is 9.23. The van der Waals surface area contributed by atoms with Crippen LogP contribution in [0.1, 0.15) is 25.8 Å². The number of anilines is 2. The van der Waals surface area contributed by atoms with Crippen molar-refractivity contribution in [3.63, 3.8) is 0 Å². The summed E-state index contributed by atoms with van der Waals surface area (Å²) >= 11 is 1.21. The van der Waals surface area contributed by atoms with Crippen molar-refractivity contribution in [1.29, 1.82) is 0 Å². The van der Waals surface area contributed by atoms with Crippen LogP contribution in [0.4, 0.5) is 10.7 Å². The number of aromatic nitrogens is 1. The Hall–Kier alpha value is -3.06. The Morgan fingerprint density at radius 3 is 2.54 bits per heavy atom. The molecule has 0 radical (unpaired) electrons. The van der Waals surface area contributed by atoms with Gasteiger partial charge < -0.3 is 15.8 Å². The van der Waals surface area contributed by atoms with E-state index in [9.17, 15) is 4.79 Å². The molecule has 0 saturated carbocycles. The van der Waals surface area contributed by atoms with Crippen LogP contribution in [0, 0.1) is 5.92 Å². The molecule has 0 bridgehead atoms. The summed E-state index contributed by atoms with van der Waals surface area (Å²) in [6.07, 6.45) is 1.01. The maximum absolute atomic E-state index is 12.2. The van der Waals surface area contributed by atoms with E-state index in [0.29, 0.717) is 23.0 Å². The Kier molecular flexibility index (Phi) is 6.49.